The quantitative estimate of drug-likeness (QED) is 0.859. The van der Waals surface area contributed by atoms with Crippen molar-refractivity contribution in [1.82, 2.24) is 5.32 Å². The molecule has 1 aromatic carbocycles. The summed E-state index contributed by atoms with van der Waals surface area (Å²) in [5.74, 6) is 1.70. The maximum atomic E-state index is 6.04. The van der Waals surface area contributed by atoms with Crippen LogP contribution in [0.4, 0.5) is 5.69 Å². The van der Waals surface area contributed by atoms with E-state index >= 15 is 0 Å². The van der Waals surface area contributed by atoms with Gasteiger partial charge in [-0.25, -0.2) is 0 Å². The Bertz CT molecular complexity index is 399. The first-order chi connectivity index (χ1) is 8.93. The summed E-state index contributed by atoms with van der Waals surface area (Å²) in [4.78, 5) is 0. The molecule has 0 aliphatic carbocycles. The molecule has 1 unspecified atom stereocenters. The van der Waals surface area contributed by atoms with Crippen molar-refractivity contribution in [3.05, 3.63) is 23.8 Å². The Kier molecular flexibility index (Phi) is 3.69. The molecule has 98 valence electrons. The predicted octanol–water partition coefficient (Wildman–Crippen LogP) is 2.42. The molecule has 0 saturated carbocycles. The van der Waals surface area contributed by atoms with Crippen LogP contribution in [0.3, 0.4) is 0 Å². The van der Waals surface area contributed by atoms with Crippen LogP contribution >= 0.6 is 0 Å². The summed E-state index contributed by atoms with van der Waals surface area (Å²) in [6, 6.07) is 6.41. The van der Waals surface area contributed by atoms with Gasteiger partial charge < -0.3 is 15.4 Å². The van der Waals surface area contributed by atoms with E-state index in [4.69, 9.17) is 4.74 Å². The fourth-order valence-electron chi connectivity index (χ4n) is 2.87. The minimum absolute atomic E-state index is 0.665. The summed E-state index contributed by atoms with van der Waals surface area (Å²) in [5.41, 5.74) is 2.63. The van der Waals surface area contributed by atoms with Gasteiger partial charge in [-0.2, -0.15) is 0 Å². The van der Waals surface area contributed by atoms with Crippen LogP contribution in [0.15, 0.2) is 18.2 Å². The number of aryl methyl sites for hydroxylation is 1. The van der Waals surface area contributed by atoms with Gasteiger partial charge in [0.1, 0.15) is 5.75 Å². The largest absolute Gasteiger partial charge is 0.491 e. The van der Waals surface area contributed by atoms with E-state index < -0.39 is 0 Å². The van der Waals surface area contributed by atoms with E-state index in [-0.39, 0.29) is 0 Å². The Morgan fingerprint density at radius 2 is 2.22 bits per heavy atom. The Morgan fingerprint density at radius 3 is 3.11 bits per heavy atom. The molecule has 0 amide bonds. The third-order valence-corrected chi connectivity index (χ3v) is 3.91. The van der Waals surface area contributed by atoms with E-state index in [0.29, 0.717) is 5.92 Å². The van der Waals surface area contributed by atoms with Gasteiger partial charge in [0, 0.05) is 19.0 Å². The summed E-state index contributed by atoms with van der Waals surface area (Å²) in [6.45, 7) is 4.17. The number of fused-ring (bicyclic) bond motifs is 1. The molecule has 0 aromatic heterocycles. The van der Waals surface area contributed by atoms with Crippen LogP contribution in [0.5, 0.6) is 5.75 Å². The van der Waals surface area contributed by atoms with E-state index in [2.05, 4.69) is 28.8 Å². The number of benzene rings is 1. The molecule has 2 aliphatic rings. The van der Waals surface area contributed by atoms with Crippen LogP contribution < -0.4 is 15.4 Å². The molecular weight excluding hydrogens is 224 g/mol. The molecule has 0 bridgehead atoms. The van der Waals surface area contributed by atoms with Crippen LogP contribution in [0.25, 0.3) is 0 Å². The van der Waals surface area contributed by atoms with Crippen molar-refractivity contribution < 1.29 is 4.74 Å². The summed E-state index contributed by atoms with van der Waals surface area (Å²) >= 11 is 0. The molecule has 2 N–H and O–H groups in total. The predicted molar refractivity (Wildman–Crippen MR) is 74.3 cm³/mol. The SMILES string of the molecule is c1cc2c(c(OCC3CCCNC3)c1)NCCC2. The average Bonchev–Trinajstić information content (AvgIpc) is 2.46. The molecule has 1 atom stereocenters. The van der Waals surface area contributed by atoms with Crippen molar-refractivity contribution in [2.24, 2.45) is 5.92 Å². The molecule has 1 saturated heterocycles. The first-order valence-electron chi connectivity index (χ1n) is 7.13. The van der Waals surface area contributed by atoms with Gasteiger partial charge in [-0.3, -0.25) is 0 Å². The second-order valence-electron chi connectivity index (χ2n) is 5.34. The second-order valence-corrected chi connectivity index (χ2v) is 5.34. The fraction of sp³-hybridized carbons (Fsp3) is 0.600. The second kappa shape index (κ2) is 5.61. The molecule has 2 aliphatic heterocycles. The number of anilines is 1. The maximum Gasteiger partial charge on any atom is 0.142 e. The van der Waals surface area contributed by atoms with Gasteiger partial charge in [0.2, 0.25) is 0 Å². The summed E-state index contributed by atoms with van der Waals surface area (Å²) in [5, 5.41) is 6.92. The minimum Gasteiger partial charge on any atom is -0.491 e. The fourth-order valence-corrected chi connectivity index (χ4v) is 2.87. The number of nitrogens with one attached hydrogen (secondary N) is 2. The topological polar surface area (TPSA) is 33.3 Å². The number of piperidine rings is 1. The van der Waals surface area contributed by atoms with E-state index in [0.717, 1.165) is 25.4 Å². The van der Waals surface area contributed by atoms with Crippen molar-refractivity contribution in [2.75, 3.05) is 31.6 Å². The van der Waals surface area contributed by atoms with E-state index in [1.807, 2.05) is 0 Å². The zero-order valence-electron chi connectivity index (χ0n) is 10.9. The lowest BCUT2D eigenvalue weighted by Crippen LogP contribution is -2.33. The van der Waals surface area contributed by atoms with Crippen LogP contribution in [-0.4, -0.2) is 26.2 Å². The van der Waals surface area contributed by atoms with Gasteiger partial charge in [-0.05, 0) is 43.9 Å². The smallest absolute Gasteiger partial charge is 0.142 e. The minimum atomic E-state index is 0.665. The van der Waals surface area contributed by atoms with Gasteiger partial charge in [-0.1, -0.05) is 12.1 Å². The highest BCUT2D eigenvalue weighted by Crippen LogP contribution is 2.32. The lowest BCUT2D eigenvalue weighted by molar-refractivity contribution is 0.219. The van der Waals surface area contributed by atoms with Crippen molar-refractivity contribution in [3.8, 4) is 5.75 Å². The van der Waals surface area contributed by atoms with Crippen molar-refractivity contribution in [3.63, 3.8) is 0 Å². The Balaban J connectivity index is 1.65. The number of ether oxygens (including phenoxy) is 1. The molecular formula is C15H22N2O. The van der Waals surface area contributed by atoms with Crippen molar-refractivity contribution in [2.45, 2.75) is 25.7 Å². The molecule has 18 heavy (non-hydrogen) atoms. The third-order valence-electron chi connectivity index (χ3n) is 3.91. The maximum absolute atomic E-state index is 6.04. The van der Waals surface area contributed by atoms with Crippen molar-refractivity contribution >= 4 is 5.69 Å². The summed E-state index contributed by atoms with van der Waals surface area (Å²) in [7, 11) is 0. The lowest BCUT2D eigenvalue weighted by atomic mass is 10.0. The highest BCUT2D eigenvalue weighted by atomic mass is 16.5. The molecule has 3 heteroatoms. The van der Waals surface area contributed by atoms with Gasteiger partial charge >= 0.3 is 0 Å². The monoisotopic (exact) mass is 246 g/mol. The average molecular weight is 246 g/mol. The normalized spacial score (nSPS) is 23.0. The van der Waals surface area contributed by atoms with Gasteiger partial charge in [-0.15, -0.1) is 0 Å². The number of hydrogen-bond donors (Lipinski definition) is 2. The van der Waals surface area contributed by atoms with Gasteiger partial charge in [0.15, 0.2) is 0 Å². The molecule has 2 heterocycles. The Morgan fingerprint density at radius 1 is 1.22 bits per heavy atom. The number of hydrogen-bond acceptors (Lipinski definition) is 3. The highest BCUT2D eigenvalue weighted by molar-refractivity contribution is 5.63. The summed E-state index contributed by atoms with van der Waals surface area (Å²) in [6.07, 6.45) is 4.96. The highest BCUT2D eigenvalue weighted by Gasteiger charge is 2.16. The van der Waals surface area contributed by atoms with Crippen LogP contribution in [0, 0.1) is 5.92 Å². The van der Waals surface area contributed by atoms with Crippen LogP contribution in [0.1, 0.15) is 24.8 Å². The lowest BCUT2D eigenvalue weighted by Gasteiger charge is -2.25. The first kappa shape index (κ1) is 11.8. The zero-order chi connectivity index (χ0) is 12.2. The molecule has 3 nitrogen and oxygen atoms in total. The molecule has 1 fully saturated rings. The van der Waals surface area contributed by atoms with Crippen LogP contribution in [-0.2, 0) is 6.42 Å². The van der Waals surface area contributed by atoms with E-state index in [1.165, 1.54) is 43.5 Å². The number of rotatable bonds is 3. The number of para-hydroxylation sites is 1. The molecule has 1 aromatic rings. The van der Waals surface area contributed by atoms with E-state index in [1.54, 1.807) is 0 Å². The Labute approximate surface area is 109 Å². The van der Waals surface area contributed by atoms with E-state index in [9.17, 15) is 0 Å². The zero-order valence-corrected chi connectivity index (χ0v) is 10.9. The molecule has 0 radical (unpaired) electrons. The van der Waals surface area contributed by atoms with Crippen molar-refractivity contribution in [1.29, 1.82) is 0 Å². The summed E-state index contributed by atoms with van der Waals surface area (Å²) < 4.78 is 6.04. The standard InChI is InChI=1S/C15H22N2O/c1-5-13-6-3-9-17-15(13)14(7-1)18-11-12-4-2-8-16-10-12/h1,5,7,12,16-17H,2-4,6,8-11H2. The first-order valence-corrected chi connectivity index (χ1v) is 7.13. The Hall–Kier alpha value is -1.22. The molecule has 0 spiro atoms. The van der Waals surface area contributed by atoms with Gasteiger partial charge in [0.25, 0.3) is 0 Å². The third kappa shape index (κ3) is 2.61. The van der Waals surface area contributed by atoms with Gasteiger partial charge in [0.05, 0.1) is 12.3 Å². The molecule has 3 rings (SSSR count). The van der Waals surface area contributed by atoms with Crippen LogP contribution in [0.2, 0.25) is 0 Å².